The van der Waals surface area contributed by atoms with Crippen LogP contribution in [-0.4, -0.2) is 0 Å². The fourth-order valence-electron chi connectivity index (χ4n) is 2.13. The van der Waals surface area contributed by atoms with Crippen LogP contribution in [0.3, 0.4) is 0 Å². The zero-order valence-electron chi connectivity index (χ0n) is 6.78. The molecule has 0 heteroatoms. The number of hydrogen-bond acceptors (Lipinski definition) is 0. The second-order valence-electron chi connectivity index (χ2n) is 3.72. The number of fused-ring (bicyclic) bond motifs is 2. The average Bonchev–Trinajstić information content (AvgIpc) is 2.44. The lowest BCUT2D eigenvalue weighted by atomic mass is 9.98. The van der Waals surface area contributed by atoms with Gasteiger partial charge in [-0.15, -0.1) is 0 Å². The summed E-state index contributed by atoms with van der Waals surface area (Å²) in [7, 11) is 0. The topological polar surface area (TPSA) is 0 Å². The summed E-state index contributed by atoms with van der Waals surface area (Å²) in [6.45, 7) is 4.47. The van der Waals surface area contributed by atoms with Gasteiger partial charge in [-0.25, -0.2) is 0 Å². The molecule has 54 valence electrons. The minimum atomic E-state index is 0.986. The quantitative estimate of drug-likeness (QED) is 0.477. The Labute approximate surface area is 62.6 Å². The monoisotopic (exact) mass is 134 g/mol. The molecule has 2 bridgehead atoms. The van der Waals surface area contributed by atoms with Crippen molar-refractivity contribution in [2.24, 2.45) is 5.92 Å². The average molecular weight is 134 g/mol. The summed E-state index contributed by atoms with van der Waals surface area (Å²) in [4.78, 5) is 0. The lowest BCUT2D eigenvalue weighted by Gasteiger charge is -2.07. The summed E-state index contributed by atoms with van der Waals surface area (Å²) >= 11 is 0. The van der Waals surface area contributed by atoms with Crippen molar-refractivity contribution in [1.82, 2.24) is 0 Å². The van der Waals surface area contributed by atoms with E-state index in [2.05, 4.69) is 19.9 Å². The van der Waals surface area contributed by atoms with Crippen molar-refractivity contribution in [3.05, 3.63) is 22.8 Å². The number of hydrogen-bond donors (Lipinski definition) is 0. The Morgan fingerprint density at radius 3 is 2.50 bits per heavy atom. The molecular weight excluding hydrogens is 120 g/mol. The second-order valence-corrected chi connectivity index (χ2v) is 3.72. The molecule has 1 saturated carbocycles. The van der Waals surface area contributed by atoms with Gasteiger partial charge in [0, 0.05) is 0 Å². The predicted molar refractivity (Wildman–Crippen MR) is 43.8 cm³/mol. The van der Waals surface area contributed by atoms with E-state index in [0.717, 1.165) is 5.92 Å². The van der Waals surface area contributed by atoms with Gasteiger partial charge in [-0.3, -0.25) is 0 Å². The first-order valence-corrected chi connectivity index (χ1v) is 4.13. The molecule has 2 aliphatic carbocycles. The van der Waals surface area contributed by atoms with Crippen LogP contribution in [0.5, 0.6) is 0 Å². The first-order chi connectivity index (χ1) is 4.77. The molecule has 0 aromatic carbocycles. The zero-order valence-corrected chi connectivity index (χ0v) is 6.78. The molecule has 0 N–H and O–H groups in total. The molecule has 0 aromatic heterocycles. The molecule has 0 nitrogen and oxygen atoms in total. The molecule has 0 spiro atoms. The van der Waals surface area contributed by atoms with Crippen molar-refractivity contribution in [2.45, 2.75) is 33.1 Å². The van der Waals surface area contributed by atoms with Crippen LogP contribution in [0.2, 0.25) is 0 Å². The van der Waals surface area contributed by atoms with E-state index in [0.29, 0.717) is 0 Å². The van der Waals surface area contributed by atoms with Crippen LogP contribution in [-0.2, 0) is 0 Å². The molecule has 1 atom stereocenters. The molecular formula is C10H14. The maximum atomic E-state index is 2.43. The van der Waals surface area contributed by atoms with Gasteiger partial charge in [0.1, 0.15) is 0 Å². The summed E-state index contributed by atoms with van der Waals surface area (Å²) in [6, 6.07) is 0. The Balaban J connectivity index is 2.38. The fourth-order valence-corrected chi connectivity index (χ4v) is 2.13. The third-order valence-corrected chi connectivity index (χ3v) is 2.69. The molecule has 2 rings (SSSR count). The van der Waals surface area contributed by atoms with Crippen molar-refractivity contribution in [3.63, 3.8) is 0 Å². The van der Waals surface area contributed by atoms with Gasteiger partial charge < -0.3 is 0 Å². The van der Waals surface area contributed by atoms with Gasteiger partial charge in [-0.1, -0.05) is 11.6 Å². The van der Waals surface area contributed by atoms with E-state index in [9.17, 15) is 0 Å². The zero-order chi connectivity index (χ0) is 7.14. The number of rotatable bonds is 0. The summed E-state index contributed by atoms with van der Waals surface area (Å²) in [5.41, 5.74) is 4.86. The van der Waals surface area contributed by atoms with Crippen LogP contribution in [0.15, 0.2) is 22.8 Å². The van der Waals surface area contributed by atoms with Crippen LogP contribution in [0.4, 0.5) is 0 Å². The number of allylic oxidation sites excluding steroid dienone is 4. The molecule has 0 aliphatic heterocycles. The molecule has 1 unspecified atom stereocenters. The molecule has 10 heavy (non-hydrogen) atoms. The van der Waals surface area contributed by atoms with Crippen molar-refractivity contribution in [2.75, 3.05) is 0 Å². The van der Waals surface area contributed by atoms with Crippen molar-refractivity contribution < 1.29 is 0 Å². The van der Waals surface area contributed by atoms with Crippen LogP contribution in [0.1, 0.15) is 33.1 Å². The van der Waals surface area contributed by atoms with Gasteiger partial charge in [0.2, 0.25) is 0 Å². The Morgan fingerprint density at radius 2 is 2.20 bits per heavy atom. The normalized spacial score (nSPS) is 29.2. The second kappa shape index (κ2) is 1.98. The first kappa shape index (κ1) is 6.21. The van der Waals surface area contributed by atoms with Crippen molar-refractivity contribution >= 4 is 0 Å². The van der Waals surface area contributed by atoms with Crippen molar-refractivity contribution in [1.29, 1.82) is 0 Å². The highest BCUT2D eigenvalue weighted by Gasteiger charge is 2.28. The summed E-state index contributed by atoms with van der Waals surface area (Å²) in [5, 5.41) is 0. The van der Waals surface area contributed by atoms with Gasteiger partial charge >= 0.3 is 0 Å². The van der Waals surface area contributed by atoms with Gasteiger partial charge in [-0.05, 0) is 50.2 Å². The maximum absolute atomic E-state index is 2.43. The van der Waals surface area contributed by atoms with Gasteiger partial charge in [-0.2, -0.15) is 0 Å². The molecule has 0 saturated heterocycles. The first-order valence-electron chi connectivity index (χ1n) is 4.13. The third-order valence-electron chi connectivity index (χ3n) is 2.69. The van der Waals surface area contributed by atoms with E-state index < -0.39 is 0 Å². The maximum Gasteiger partial charge on any atom is -0.0242 e. The molecule has 2 aliphatic rings. The molecule has 0 amide bonds. The van der Waals surface area contributed by atoms with Crippen LogP contribution < -0.4 is 0 Å². The SMILES string of the molecule is CC(C)=C1CC2CC=C1C2. The highest BCUT2D eigenvalue weighted by atomic mass is 14.3. The predicted octanol–water partition coefficient (Wildman–Crippen LogP) is 3.06. The third kappa shape index (κ3) is 0.749. The van der Waals surface area contributed by atoms with Gasteiger partial charge in [0.25, 0.3) is 0 Å². The highest BCUT2D eigenvalue weighted by molar-refractivity contribution is 5.42. The lowest BCUT2D eigenvalue weighted by molar-refractivity contribution is 0.602. The van der Waals surface area contributed by atoms with Gasteiger partial charge in [0.05, 0.1) is 0 Å². The standard InChI is InChI=1S/C10H14/c1-7(2)10-6-8-3-4-9(10)5-8/h4,8H,3,5-6H2,1-2H3. The van der Waals surface area contributed by atoms with E-state index in [1.165, 1.54) is 24.8 Å². The van der Waals surface area contributed by atoms with Crippen LogP contribution in [0, 0.1) is 5.92 Å². The largest absolute Gasteiger partial charge is 0.0807 e. The summed E-state index contributed by atoms with van der Waals surface area (Å²) in [6.07, 6.45) is 6.53. The van der Waals surface area contributed by atoms with E-state index in [1.807, 2.05) is 0 Å². The molecule has 0 radical (unpaired) electrons. The highest BCUT2D eigenvalue weighted by Crippen LogP contribution is 2.44. The Morgan fingerprint density at radius 1 is 1.40 bits per heavy atom. The molecule has 0 aromatic rings. The van der Waals surface area contributed by atoms with Crippen molar-refractivity contribution in [3.8, 4) is 0 Å². The fraction of sp³-hybridized carbons (Fsp3) is 0.600. The Bertz CT molecular complexity index is 214. The van der Waals surface area contributed by atoms with E-state index in [-0.39, 0.29) is 0 Å². The van der Waals surface area contributed by atoms with E-state index >= 15 is 0 Å². The van der Waals surface area contributed by atoms with E-state index in [1.54, 1.807) is 11.1 Å². The van der Waals surface area contributed by atoms with Crippen LogP contribution >= 0.6 is 0 Å². The van der Waals surface area contributed by atoms with Gasteiger partial charge in [0.15, 0.2) is 0 Å². The smallest absolute Gasteiger partial charge is 0.0242 e. The van der Waals surface area contributed by atoms with E-state index in [4.69, 9.17) is 0 Å². The van der Waals surface area contributed by atoms with Crippen LogP contribution in [0.25, 0.3) is 0 Å². The molecule has 0 heterocycles. The lowest BCUT2D eigenvalue weighted by Crippen LogP contribution is -1.91. The summed E-state index contributed by atoms with van der Waals surface area (Å²) < 4.78 is 0. The minimum Gasteiger partial charge on any atom is -0.0807 e. The minimum absolute atomic E-state index is 0.986. The molecule has 1 fully saturated rings. The Kier molecular flexibility index (Phi) is 1.23. The Hall–Kier alpha value is -0.520. The summed E-state index contributed by atoms with van der Waals surface area (Å²) in [5.74, 6) is 0.986.